The Morgan fingerprint density at radius 3 is 2.48 bits per heavy atom. The van der Waals surface area contributed by atoms with Crippen LogP contribution in [0.3, 0.4) is 0 Å². The highest BCUT2D eigenvalue weighted by Crippen LogP contribution is 2.44. The molecule has 3 nitrogen and oxygen atoms in total. The second-order valence-corrected chi connectivity index (χ2v) is 7.25. The van der Waals surface area contributed by atoms with E-state index in [-0.39, 0.29) is 0 Å². The minimum atomic E-state index is 0.318. The fourth-order valence-corrected chi connectivity index (χ4v) is 3.25. The number of nitrogens with zero attached hydrogens (tertiary/aromatic N) is 1. The molecule has 1 aliphatic heterocycles. The molecule has 1 aliphatic rings. The lowest BCUT2D eigenvalue weighted by Gasteiger charge is -2.24. The van der Waals surface area contributed by atoms with Crippen molar-refractivity contribution >= 4 is 21.5 Å². The molecule has 3 aromatic rings. The minimum Gasteiger partial charge on any atom is -0.453 e. The van der Waals surface area contributed by atoms with Gasteiger partial charge in [0.1, 0.15) is 0 Å². The van der Waals surface area contributed by atoms with Crippen LogP contribution in [0.1, 0.15) is 5.56 Å². The Hall–Kier alpha value is -2.26. The van der Waals surface area contributed by atoms with Crippen molar-refractivity contribution in [2.24, 2.45) is 0 Å². The monoisotopic (exact) mass is 308 g/mol. The van der Waals surface area contributed by atoms with Crippen LogP contribution in [-0.4, -0.2) is 39.0 Å². The molecule has 0 aromatic heterocycles. The zero-order valence-corrected chi connectivity index (χ0v) is 13.9. The van der Waals surface area contributed by atoms with Crippen molar-refractivity contribution in [3.05, 3.63) is 48.0 Å². The van der Waals surface area contributed by atoms with Gasteiger partial charge in [-0.15, -0.1) is 0 Å². The number of hydrogen-bond acceptors (Lipinski definition) is 2. The summed E-state index contributed by atoms with van der Waals surface area (Å²) >= 11 is 0. The summed E-state index contributed by atoms with van der Waals surface area (Å²) in [4.78, 5) is 0. The molecule has 3 aromatic carbocycles. The van der Waals surface area contributed by atoms with Crippen LogP contribution < -0.4 is 9.47 Å². The molecule has 0 radical (unpaired) electrons. The molecule has 0 unspecified atom stereocenters. The van der Waals surface area contributed by atoms with Crippen LogP contribution in [0.4, 0.5) is 0 Å². The van der Waals surface area contributed by atoms with Gasteiger partial charge >= 0.3 is 0 Å². The first-order valence-corrected chi connectivity index (χ1v) is 8.06. The summed E-state index contributed by atoms with van der Waals surface area (Å²) < 4.78 is 12.5. The number of likely N-dealkylation sites (N-methyl/N-ethyl adjacent to an activating group) is 1. The van der Waals surface area contributed by atoms with Crippen molar-refractivity contribution in [1.82, 2.24) is 0 Å². The maximum atomic E-state index is 5.81. The van der Waals surface area contributed by atoms with Crippen LogP contribution in [0.5, 0.6) is 11.5 Å². The van der Waals surface area contributed by atoms with Gasteiger partial charge in [0.15, 0.2) is 11.5 Å². The minimum absolute atomic E-state index is 0.318. The lowest BCUT2D eigenvalue weighted by atomic mass is 9.97. The first-order chi connectivity index (χ1) is 11.0. The van der Waals surface area contributed by atoms with Crippen molar-refractivity contribution in [2.45, 2.75) is 6.42 Å². The van der Waals surface area contributed by atoms with Crippen LogP contribution in [-0.2, 0) is 6.42 Å². The Bertz CT molecular complexity index is 893. The van der Waals surface area contributed by atoms with Crippen LogP contribution in [0.25, 0.3) is 21.5 Å². The molecule has 0 spiro atoms. The zero-order valence-electron chi connectivity index (χ0n) is 13.9. The molecule has 23 heavy (non-hydrogen) atoms. The first kappa shape index (κ1) is 14.3. The van der Waals surface area contributed by atoms with E-state index in [0.29, 0.717) is 6.79 Å². The van der Waals surface area contributed by atoms with Crippen LogP contribution in [0, 0.1) is 0 Å². The second kappa shape index (κ2) is 5.14. The molecule has 0 saturated heterocycles. The Morgan fingerprint density at radius 2 is 1.65 bits per heavy atom. The van der Waals surface area contributed by atoms with E-state index in [1.165, 1.54) is 21.7 Å². The van der Waals surface area contributed by atoms with Gasteiger partial charge in [-0.05, 0) is 28.3 Å². The molecule has 3 heteroatoms. The van der Waals surface area contributed by atoms with Crippen molar-refractivity contribution in [1.29, 1.82) is 0 Å². The van der Waals surface area contributed by atoms with Gasteiger partial charge in [-0.2, -0.15) is 0 Å². The molecule has 4 rings (SSSR count). The van der Waals surface area contributed by atoms with Crippen molar-refractivity contribution in [3.63, 3.8) is 0 Å². The van der Waals surface area contributed by atoms with Crippen molar-refractivity contribution < 1.29 is 14.0 Å². The topological polar surface area (TPSA) is 18.5 Å². The number of hydrogen-bond donors (Lipinski definition) is 0. The highest BCUT2D eigenvalue weighted by Gasteiger charge is 2.23. The van der Waals surface area contributed by atoms with Gasteiger partial charge in [0, 0.05) is 17.4 Å². The lowest BCUT2D eigenvalue weighted by Crippen LogP contribution is -2.36. The van der Waals surface area contributed by atoms with E-state index in [0.717, 1.165) is 34.3 Å². The molecule has 0 amide bonds. The largest absolute Gasteiger partial charge is 0.453 e. The lowest BCUT2D eigenvalue weighted by molar-refractivity contribution is -0.870. The summed E-state index contributed by atoms with van der Waals surface area (Å²) in [5.41, 5.74) is 1.24. The molecule has 0 bridgehead atoms. The van der Waals surface area contributed by atoms with Gasteiger partial charge in [0.25, 0.3) is 0 Å². The summed E-state index contributed by atoms with van der Waals surface area (Å²) in [5.74, 6) is 1.84. The van der Waals surface area contributed by atoms with Crippen LogP contribution in [0.2, 0.25) is 0 Å². The number of ether oxygens (including phenoxy) is 2. The molecule has 118 valence electrons. The summed E-state index contributed by atoms with van der Waals surface area (Å²) in [6, 6.07) is 15.1. The van der Waals surface area contributed by atoms with E-state index in [2.05, 4.69) is 63.6 Å². The fourth-order valence-electron chi connectivity index (χ4n) is 3.25. The van der Waals surface area contributed by atoms with Crippen LogP contribution >= 0.6 is 0 Å². The molecule has 0 N–H and O–H groups in total. The molecular formula is C20H22NO2+. The molecule has 1 heterocycles. The summed E-state index contributed by atoms with van der Waals surface area (Å²) in [7, 11) is 6.65. The van der Waals surface area contributed by atoms with Crippen LogP contribution in [0.15, 0.2) is 42.5 Å². The van der Waals surface area contributed by atoms with E-state index < -0.39 is 0 Å². The summed E-state index contributed by atoms with van der Waals surface area (Å²) in [5, 5.41) is 4.93. The van der Waals surface area contributed by atoms with E-state index in [1.807, 2.05) is 0 Å². The molecule has 0 saturated carbocycles. The first-order valence-electron chi connectivity index (χ1n) is 8.06. The predicted octanol–water partition coefficient (Wildman–Crippen LogP) is 3.97. The fraction of sp³-hybridized carbons (Fsp3) is 0.300. The van der Waals surface area contributed by atoms with E-state index in [4.69, 9.17) is 9.47 Å². The van der Waals surface area contributed by atoms with E-state index in [1.54, 1.807) is 0 Å². The number of benzene rings is 3. The Balaban J connectivity index is 1.94. The zero-order chi connectivity index (χ0) is 16.0. The van der Waals surface area contributed by atoms with Gasteiger partial charge in [-0.1, -0.05) is 30.3 Å². The van der Waals surface area contributed by atoms with Crippen molar-refractivity contribution in [3.8, 4) is 11.5 Å². The number of quaternary nitrogens is 1. The average molecular weight is 308 g/mol. The Kier molecular flexibility index (Phi) is 3.20. The third-order valence-electron chi connectivity index (χ3n) is 4.49. The summed E-state index contributed by atoms with van der Waals surface area (Å²) in [6.07, 6.45) is 0.981. The third-order valence-corrected chi connectivity index (χ3v) is 4.49. The molecule has 0 fully saturated rings. The normalized spacial score (nSPS) is 13.9. The van der Waals surface area contributed by atoms with Gasteiger partial charge < -0.3 is 14.0 Å². The standard InChI is InChI=1S/C20H22NO2/c1-21(2,3)11-10-15-12-18-16-7-5-4-6-14(16)8-9-17(18)20-19(15)22-13-23-20/h4-9,12H,10-11,13H2,1-3H3/q+1. The quantitative estimate of drug-likeness (QED) is 0.538. The highest BCUT2D eigenvalue weighted by atomic mass is 16.7. The highest BCUT2D eigenvalue weighted by molar-refractivity contribution is 6.10. The Labute approximate surface area is 136 Å². The van der Waals surface area contributed by atoms with Crippen molar-refractivity contribution in [2.75, 3.05) is 34.5 Å². The molecule has 0 aliphatic carbocycles. The predicted molar refractivity (Wildman–Crippen MR) is 94.2 cm³/mol. The number of rotatable bonds is 3. The van der Waals surface area contributed by atoms with Gasteiger partial charge in [-0.3, -0.25) is 0 Å². The Morgan fingerprint density at radius 1 is 0.870 bits per heavy atom. The van der Waals surface area contributed by atoms with E-state index >= 15 is 0 Å². The second-order valence-electron chi connectivity index (χ2n) is 7.25. The summed E-state index contributed by atoms with van der Waals surface area (Å²) in [6.45, 7) is 1.38. The van der Waals surface area contributed by atoms with Gasteiger partial charge in [0.05, 0.1) is 27.7 Å². The smallest absolute Gasteiger partial charge is 0.231 e. The maximum absolute atomic E-state index is 5.81. The SMILES string of the molecule is C[N+](C)(C)CCc1cc2c(ccc3ccccc32)c2c1OCO2. The van der Waals surface area contributed by atoms with Gasteiger partial charge in [0.2, 0.25) is 6.79 Å². The molecule has 0 atom stereocenters. The third kappa shape index (κ3) is 2.51. The molecular weight excluding hydrogens is 286 g/mol. The number of fused-ring (bicyclic) bond motifs is 5. The van der Waals surface area contributed by atoms with Gasteiger partial charge in [-0.25, -0.2) is 0 Å². The average Bonchev–Trinajstić information content (AvgIpc) is 3.01. The van der Waals surface area contributed by atoms with E-state index in [9.17, 15) is 0 Å². The maximum Gasteiger partial charge on any atom is 0.231 e.